The van der Waals surface area contributed by atoms with Crippen molar-refractivity contribution in [3.63, 3.8) is 0 Å². The van der Waals surface area contributed by atoms with Gasteiger partial charge in [0.2, 0.25) is 0 Å². The maximum atomic E-state index is 11.5. The molecular formula is C21H30N4O10. The predicted octanol–water partition coefficient (Wildman–Crippen LogP) is -1.49. The van der Waals surface area contributed by atoms with Crippen LogP contribution in [0, 0.1) is 0 Å². The molecule has 1 aromatic rings. The molecule has 35 heavy (non-hydrogen) atoms. The van der Waals surface area contributed by atoms with Gasteiger partial charge in [-0.3, -0.25) is 38.7 Å². The lowest BCUT2D eigenvalue weighted by atomic mass is 10.0. The van der Waals surface area contributed by atoms with Crippen LogP contribution in [0.5, 0.6) is 0 Å². The lowest BCUT2D eigenvalue weighted by Crippen LogP contribution is -2.51. The highest BCUT2D eigenvalue weighted by molar-refractivity contribution is 5.73. The van der Waals surface area contributed by atoms with E-state index in [1.54, 1.807) is 24.3 Å². The molecule has 0 fully saturated rings. The van der Waals surface area contributed by atoms with Crippen molar-refractivity contribution in [2.75, 3.05) is 58.1 Å². The zero-order valence-electron chi connectivity index (χ0n) is 18.9. The minimum atomic E-state index is -1.27. The van der Waals surface area contributed by atoms with Crippen molar-refractivity contribution in [1.29, 1.82) is 0 Å². The van der Waals surface area contributed by atoms with Gasteiger partial charge in [-0.2, -0.15) is 0 Å². The Hall–Kier alpha value is -3.75. The molecule has 1 rings (SSSR count). The average Bonchev–Trinajstić information content (AvgIpc) is 2.70. The molecule has 0 aliphatic carbocycles. The molecule has 0 aliphatic heterocycles. The number of benzene rings is 1. The van der Waals surface area contributed by atoms with Crippen LogP contribution in [0.15, 0.2) is 24.3 Å². The van der Waals surface area contributed by atoms with Crippen LogP contribution in [0.2, 0.25) is 0 Å². The Morgan fingerprint density at radius 1 is 0.657 bits per heavy atom. The number of nitrogen functional groups attached to an aromatic ring is 1. The van der Waals surface area contributed by atoms with Gasteiger partial charge >= 0.3 is 29.8 Å². The molecule has 0 bridgehead atoms. The SMILES string of the molecule is Nc1ccc(CC(CN(CCN(CC(=O)O)CC(=O)O)CC(=O)O)N(CC(=O)O)CC(=O)O)cc1. The number of carboxylic acids is 5. The number of anilines is 1. The lowest BCUT2D eigenvalue weighted by Gasteiger charge is -2.34. The minimum Gasteiger partial charge on any atom is -0.480 e. The van der Waals surface area contributed by atoms with E-state index in [9.17, 15) is 39.3 Å². The predicted molar refractivity (Wildman–Crippen MR) is 121 cm³/mol. The van der Waals surface area contributed by atoms with E-state index < -0.39 is 68.6 Å². The van der Waals surface area contributed by atoms with E-state index in [1.165, 1.54) is 9.80 Å². The first kappa shape index (κ1) is 29.3. The Balaban J connectivity index is 3.17. The molecule has 1 aromatic carbocycles. The second-order valence-corrected chi connectivity index (χ2v) is 7.92. The third kappa shape index (κ3) is 12.9. The Kier molecular flexibility index (Phi) is 12.1. The summed E-state index contributed by atoms with van der Waals surface area (Å²) in [4.78, 5) is 60.0. The van der Waals surface area contributed by atoms with E-state index in [2.05, 4.69) is 0 Å². The van der Waals surface area contributed by atoms with Crippen molar-refractivity contribution >= 4 is 35.5 Å². The highest BCUT2D eigenvalue weighted by atomic mass is 16.4. The smallest absolute Gasteiger partial charge is 0.317 e. The maximum absolute atomic E-state index is 11.5. The third-order valence-corrected chi connectivity index (χ3v) is 4.92. The zero-order valence-corrected chi connectivity index (χ0v) is 18.9. The van der Waals surface area contributed by atoms with Gasteiger partial charge in [0.05, 0.1) is 32.7 Å². The Morgan fingerprint density at radius 3 is 1.49 bits per heavy atom. The monoisotopic (exact) mass is 498 g/mol. The van der Waals surface area contributed by atoms with E-state index in [4.69, 9.17) is 15.9 Å². The molecule has 14 nitrogen and oxygen atoms in total. The molecule has 14 heteroatoms. The van der Waals surface area contributed by atoms with Crippen LogP contribution in [0.4, 0.5) is 5.69 Å². The summed E-state index contributed by atoms with van der Waals surface area (Å²) < 4.78 is 0. The molecule has 0 spiro atoms. The van der Waals surface area contributed by atoms with Crippen LogP contribution in [0.1, 0.15) is 5.56 Å². The quantitative estimate of drug-likeness (QED) is 0.127. The molecule has 0 amide bonds. The highest BCUT2D eigenvalue weighted by Gasteiger charge is 2.27. The van der Waals surface area contributed by atoms with Gasteiger partial charge in [-0.1, -0.05) is 12.1 Å². The first-order chi connectivity index (χ1) is 16.3. The first-order valence-corrected chi connectivity index (χ1v) is 10.5. The number of nitrogens with zero attached hydrogens (tertiary/aromatic N) is 3. The Morgan fingerprint density at radius 2 is 1.06 bits per heavy atom. The molecule has 194 valence electrons. The second kappa shape index (κ2) is 14.5. The van der Waals surface area contributed by atoms with Crippen molar-refractivity contribution in [2.45, 2.75) is 12.5 Å². The van der Waals surface area contributed by atoms with Crippen LogP contribution in [-0.2, 0) is 30.4 Å². The molecule has 0 heterocycles. The van der Waals surface area contributed by atoms with E-state index in [1.807, 2.05) is 0 Å². The fourth-order valence-corrected chi connectivity index (χ4v) is 3.50. The number of aliphatic carboxylic acids is 5. The van der Waals surface area contributed by atoms with Gasteiger partial charge in [-0.25, -0.2) is 0 Å². The third-order valence-electron chi connectivity index (χ3n) is 4.92. The van der Waals surface area contributed by atoms with Crippen LogP contribution in [-0.4, -0.2) is 128 Å². The molecule has 0 radical (unpaired) electrons. The van der Waals surface area contributed by atoms with Crippen LogP contribution >= 0.6 is 0 Å². The normalized spacial score (nSPS) is 12.1. The molecule has 0 aromatic heterocycles. The van der Waals surface area contributed by atoms with E-state index >= 15 is 0 Å². The van der Waals surface area contributed by atoms with Crippen molar-refractivity contribution < 1.29 is 49.5 Å². The summed E-state index contributed by atoms with van der Waals surface area (Å²) in [5.41, 5.74) is 6.89. The first-order valence-electron chi connectivity index (χ1n) is 10.5. The summed E-state index contributed by atoms with van der Waals surface area (Å²) in [5.74, 6) is -6.28. The maximum Gasteiger partial charge on any atom is 0.317 e. The Bertz CT molecular complexity index is 861. The van der Waals surface area contributed by atoms with Crippen molar-refractivity contribution in [2.24, 2.45) is 0 Å². The van der Waals surface area contributed by atoms with Gasteiger partial charge in [-0.15, -0.1) is 0 Å². The van der Waals surface area contributed by atoms with Crippen molar-refractivity contribution in [3.8, 4) is 0 Å². The standard InChI is InChI=1S/C21H30N4O10/c22-15-3-1-14(2-4-15)7-16(25(12-20(32)33)13-21(34)35)8-23(9-17(26)27)5-6-24(10-18(28)29)11-19(30)31/h1-4,16H,5-13,22H2,(H,26,27)(H,28,29)(H,30,31)(H,32,33)(H,34,35). The van der Waals surface area contributed by atoms with Gasteiger partial charge in [-0.05, 0) is 24.1 Å². The van der Waals surface area contributed by atoms with Crippen LogP contribution < -0.4 is 5.73 Å². The summed E-state index contributed by atoms with van der Waals surface area (Å²) in [7, 11) is 0. The van der Waals surface area contributed by atoms with Crippen LogP contribution in [0.3, 0.4) is 0 Å². The molecule has 0 saturated heterocycles. The van der Waals surface area contributed by atoms with E-state index in [0.29, 0.717) is 11.3 Å². The topological polar surface area (TPSA) is 222 Å². The molecule has 0 aliphatic rings. The van der Waals surface area contributed by atoms with Gasteiger partial charge in [0.1, 0.15) is 0 Å². The van der Waals surface area contributed by atoms with Gasteiger partial charge in [0.25, 0.3) is 0 Å². The summed E-state index contributed by atoms with van der Waals surface area (Å²) >= 11 is 0. The van der Waals surface area contributed by atoms with Gasteiger partial charge in [0, 0.05) is 31.4 Å². The summed E-state index contributed by atoms with van der Waals surface area (Å²) in [6.07, 6.45) is 0.172. The van der Waals surface area contributed by atoms with E-state index in [-0.39, 0.29) is 26.1 Å². The van der Waals surface area contributed by atoms with Crippen LogP contribution in [0.25, 0.3) is 0 Å². The van der Waals surface area contributed by atoms with E-state index in [0.717, 1.165) is 4.90 Å². The molecule has 0 saturated carbocycles. The fourth-order valence-electron chi connectivity index (χ4n) is 3.50. The number of carboxylic acid groups (broad SMARTS) is 5. The van der Waals surface area contributed by atoms with Gasteiger partial charge < -0.3 is 31.3 Å². The number of rotatable bonds is 18. The molecule has 7 N–H and O–H groups in total. The highest BCUT2D eigenvalue weighted by Crippen LogP contribution is 2.14. The number of hydrogen-bond acceptors (Lipinski definition) is 9. The summed E-state index contributed by atoms with van der Waals surface area (Å²) in [6, 6.07) is 5.86. The van der Waals surface area contributed by atoms with Gasteiger partial charge in [0.15, 0.2) is 0 Å². The zero-order chi connectivity index (χ0) is 26.5. The Labute approximate surface area is 200 Å². The lowest BCUT2D eigenvalue weighted by molar-refractivity contribution is -0.144. The van der Waals surface area contributed by atoms with Crippen molar-refractivity contribution in [1.82, 2.24) is 14.7 Å². The van der Waals surface area contributed by atoms with Crippen molar-refractivity contribution in [3.05, 3.63) is 29.8 Å². The molecular weight excluding hydrogens is 468 g/mol. The minimum absolute atomic E-state index is 0.0565. The number of hydrogen-bond donors (Lipinski definition) is 6. The number of carbonyl (C=O) groups is 5. The molecule has 1 unspecified atom stereocenters. The molecule has 1 atom stereocenters. The fraction of sp³-hybridized carbons (Fsp3) is 0.476. The second-order valence-electron chi connectivity index (χ2n) is 7.92. The largest absolute Gasteiger partial charge is 0.480 e. The summed E-state index contributed by atoms with van der Waals surface area (Å²) in [5, 5.41) is 45.9. The number of nitrogens with two attached hydrogens (primary N) is 1. The summed E-state index contributed by atoms with van der Waals surface area (Å²) in [6.45, 7) is -3.13. The average molecular weight is 498 g/mol.